The molecule has 1 N–H and O–H groups in total. The molecule has 90 valence electrons. The third kappa shape index (κ3) is 2.47. The van der Waals surface area contributed by atoms with E-state index < -0.39 is 4.92 Å². The highest BCUT2D eigenvalue weighted by Crippen LogP contribution is 2.09. The van der Waals surface area contributed by atoms with E-state index in [0.717, 1.165) is 25.2 Å². The molecule has 0 aromatic carbocycles. The maximum atomic E-state index is 10.6. The molecule has 0 radical (unpaired) electrons. The summed E-state index contributed by atoms with van der Waals surface area (Å²) >= 11 is 0. The van der Waals surface area contributed by atoms with Gasteiger partial charge in [0.2, 0.25) is 5.82 Å². The molecule has 0 aliphatic carbocycles. The van der Waals surface area contributed by atoms with Crippen LogP contribution in [-0.2, 0) is 7.05 Å². The number of rotatable bonds is 3. The Bertz CT molecular complexity index is 490. The Morgan fingerprint density at radius 2 is 2.53 bits per heavy atom. The fourth-order valence-corrected chi connectivity index (χ4v) is 1.50. The SMILES string of the molecule is Cn1c([N+](=O)[O-])cnc1/C=N/NC1=NCCC1. The van der Waals surface area contributed by atoms with Crippen molar-refractivity contribution in [3.05, 3.63) is 22.1 Å². The van der Waals surface area contributed by atoms with Crippen LogP contribution < -0.4 is 5.43 Å². The minimum atomic E-state index is -0.487. The van der Waals surface area contributed by atoms with Crippen molar-refractivity contribution in [2.24, 2.45) is 17.1 Å². The lowest BCUT2D eigenvalue weighted by atomic mass is 10.3. The van der Waals surface area contributed by atoms with E-state index >= 15 is 0 Å². The van der Waals surface area contributed by atoms with Gasteiger partial charge in [0, 0.05) is 13.0 Å². The van der Waals surface area contributed by atoms with Gasteiger partial charge in [-0.1, -0.05) is 0 Å². The Balaban J connectivity index is 2.03. The third-order valence-electron chi connectivity index (χ3n) is 2.43. The number of imidazole rings is 1. The molecule has 0 fully saturated rings. The van der Waals surface area contributed by atoms with Crippen LogP contribution in [0.1, 0.15) is 18.7 Å². The van der Waals surface area contributed by atoms with Gasteiger partial charge >= 0.3 is 5.82 Å². The van der Waals surface area contributed by atoms with E-state index in [1.165, 1.54) is 17.0 Å². The Morgan fingerprint density at radius 1 is 1.71 bits per heavy atom. The average Bonchev–Trinajstić information content (AvgIpc) is 2.89. The van der Waals surface area contributed by atoms with Crippen molar-refractivity contribution in [1.82, 2.24) is 15.0 Å². The van der Waals surface area contributed by atoms with E-state index in [-0.39, 0.29) is 5.82 Å². The summed E-state index contributed by atoms with van der Waals surface area (Å²) in [4.78, 5) is 18.2. The van der Waals surface area contributed by atoms with Crippen molar-refractivity contribution >= 4 is 17.9 Å². The summed E-state index contributed by atoms with van der Waals surface area (Å²) in [7, 11) is 1.57. The molecule has 2 rings (SSSR count). The van der Waals surface area contributed by atoms with Gasteiger partial charge in [-0.25, -0.2) is 9.55 Å². The third-order valence-corrected chi connectivity index (χ3v) is 2.43. The number of aliphatic imine (C=N–C) groups is 1. The van der Waals surface area contributed by atoms with Gasteiger partial charge in [-0.05, 0) is 11.3 Å². The van der Waals surface area contributed by atoms with Crippen LogP contribution in [0.5, 0.6) is 0 Å². The van der Waals surface area contributed by atoms with Gasteiger partial charge in [0.15, 0.2) is 0 Å². The highest BCUT2D eigenvalue weighted by molar-refractivity contribution is 5.85. The second kappa shape index (κ2) is 4.73. The van der Waals surface area contributed by atoms with Crippen LogP contribution in [0.2, 0.25) is 0 Å². The highest BCUT2D eigenvalue weighted by Gasteiger charge is 2.14. The molecule has 1 aromatic rings. The van der Waals surface area contributed by atoms with Crippen molar-refractivity contribution < 1.29 is 4.92 Å². The Morgan fingerprint density at radius 3 is 3.12 bits per heavy atom. The van der Waals surface area contributed by atoms with Gasteiger partial charge in [-0.2, -0.15) is 5.10 Å². The molecular formula is C9H12N6O2. The minimum absolute atomic E-state index is 0.0651. The van der Waals surface area contributed by atoms with Gasteiger partial charge in [-0.3, -0.25) is 10.4 Å². The predicted octanol–water partition coefficient (Wildman–Crippen LogP) is 0.444. The first-order chi connectivity index (χ1) is 8.18. The van der Waals surface area contributed by atoms with Gasteiger partial charge < -0.3 is 10.1 Å². The first-order valence-corrected chi connectivity index (χ1v) is 5.17. The zero-order valence-corrected chi connectivity index (χ0v) is 9.33. The highest BCUT2D eigenvalue weighted by atomic mass is 16.6. The van der Waals surface area contributed by atoms with E-state index in [2.05, 4.69) is 20.5 Å². The Labute approximate surface area is 97.2 Å². The van der Waals surface area contributed by atoms with Crippen LogP contribution in [-0.4, -0.2) is 33.1 Å². The maximum Gasteiger partial charge on any atom is 0.342 e. The van der Waals surface area contributed by atoms with E-state index in [1.54, 1.807) is 7.05 Å². The van der Waals surface area contributed by atoms with Gasteiger partial charge in [0.25, 0.3) is 0 Å². The molecular weight excluding hydrogens is 224 g/mol. The van der Waals surface area contributed by atoms with Gasteiger partial charge in [-0.15, -0.1) is 0 Å². The lowest BCUT2D eigenvalue weighted by molar-refractivity contribution is -0.391. The number of nitro groups is 1. The number of hydrogen-bond acceptors (Lipinski definition) is 6. The zero-order valence-electron chi connectivity index (χ0n) is 9.33. The average molecular weight is 236 g/mol. The lowest BCUT2D eigenvalue weighted by Gasteiger charge is -1.96. The van der Waals surface area contributed by atoms with Crippen molar-refractivity contribution in [2.45, 2.75) is 12.8 Å². The van der Waals surface area contributed by atoms with Gasteiger partial charge in [0.05, 0.1) is 7.05 Å². The molecule has 2 heterocycles. The Kier molecular flexibility index (Phi) is 3.12. The van der Waals surface area contributed by atoms with Crippen LogP contribution in [0.3, 0.4) is 0 Å². The number of amidine groups is 1. The molecule has 1 aromatic heterocycles. The van der Waals surface area contributed by atoms with E-state index in [0.29, 0.717) is 5.82 Å². The minimum Gasteiger partial charge on any atom is -0.358 e. The Hall–Kier alpha value is -2.25. The second-order valence-corrected chi connectivity index (χ2v) is 3.59. The molecule has 1 aliphatic heterocycles. The molecule has 0 unspecified atom stereocenters. The first-order valence-electron chi connectivity index (χ1n) is 5.17. The molecule has 8 nitrogen and oxygen atoms in total. The lowest BCUT2D eigenvalue weighted by Crippen LogP contribution is -2.15. The topological polar surface area (TPSA) is 97.7 Å². The summed E-state index contributed by atoms with van der Waals surface area (Å²) in [6.45, 7) is 0.825. The summed E-state index contributed by atoms with van der Waals surface area (Å²) in [5, 5.41) is 14.5. The predicted molar refractivity (Wildman–Crippen MR) is 62.1 cm³/mol. The quantitative estimate of drug-likeness (QED) is 0.467. The standard InChI is InChI=1S/C9H12N6O2/c1-14-8(11-6-9(14)15(16)17)5-12-13-7-3-2-4-10-7/h5-6H,2-4H2,1H3,(H,10,13)/b12-5+. The monoisotopic (exact) mass is 236 g/mol. The maximum absolute atomic E-state index is 10.6. The molecule has 0 saturated heterocycles. The van der Waals surface area contributed by atoms with Crippen molar-refractivity contribution in [1.29, 1.82) is 0 Å². The van der Waals surface area contributed by atoms with Crippen molar-refractivity contribution in [3.8, 4) is 0 Å². The summed E-state index contributed by atoms with van der Waals surface area (Å²) in [6, 6.07) is 0. The zero-order chi connectivity index (χ0) is 12.3. The second-order valence-electron chi connectivity index (χ2n) is 3.59. The molecule has 0 atom stereocenters. The molecule has 0 saturated carbocycles. The summed E-state index contributed by atoms with van der Waals surface area (Å²) in [5.74, 6) is 1.19. The summed E-state index contributed by atoms with van der Waals surface area (Å²) in [6.07, 6.45) is 4.56. The van der Waals surface area contributed by atoms with E-state index in [1.807, 2.05) is 0 Å². The summed E-state index contributed by atoms with van der Waals surface area (Å²) < 4.78 is 1.36. The van der Waals surface area contributed by atoms with E-state index in [4.69, 9.17) is 0 Å². The molecule has 0 spiro atoms. The largest absolute Gasteiger partial charge is 0.358 e. The summed E-state index contributed by atoms with van der Waals surface area (Å²) in [5.41, 5.74) is 2.79. The van der Waals surface area contributed by atoms with Crippen LogP contribution in [0, 0.1) is 10.1 Å². The van der Waals surface area contributed by atoms with Crippen molar-refractivity contribution in [3.63, 3.8) is 0 Å². The van der Waals surface area contributed by atoms with Gasteiger partial charge in [0.1, 0.15) is 18.2 Å². The number of hydrogen-bond donors (Lipinski definition) is 1. The normalized spacial score (nSPS) is 15.2. The number of hydrazone groups is 1. The van der Waals surface area contributed by atoms with Crippen LogP contribution in [0.4, 0.5) is 5.82 Å². The van der Waals surface area contributed by atoms with Crippen LogP contribution in [0.15, 0.2) is 16.3 Å². The number of nitrogens with zero attached hydrogens (tertiary/aromatic N) is 5. The first kappa shape index (κ1) is 11.2. The fraction of sp³-hybridized carbons (Fsp3) is 0.444. The number of aromatic nitrogens is 2. The fourth-order valence-electron chi connectivity index (χ4n) is 1.50. The smallest absolute Gasteiger partial charge is 0.342 e. The van der Waals surface area contributed by atoms with E-state index in [9.17, 15) is 10.1 Å². The molecule has 1 aliphatic rings. The van der Waals surface area contributed by atoms with Crippen LogP contribution in [0.25, 0.3) is 0 Å². The molecule has 0 bridgehead atoms. The van der Waals surface area contributed by atoms with Crippen LogP contribution >= 0.6 is 0 Å². The van der Waals surface area contributed by atoms with Crippen molar-refractivity contribution in [2.75, 3.05) is 6.54 Å². The molecule has 8 heteroatoms. The molecule has 0 amide bonds. The number of nitrogens with one attached hydrogen (secondary N) is 1. The molecule has 17 heavy (non-hydrogen) atoms.